The van der Waals surface area contributed by atoms with E-state index in [1.54, 1.807) is 19.9 Å². The van der Waals surface area contributed by atoms with Crippen LogP contribution in [-0.4, -0.2) is 64.7 Å². The Morgan fingerprint density at radius 1 is 0.944 bits per heavy atom. The molecule has 2 aromatic carbocycles. The maximum atomic E-state index is 14.1. The molecule has 54 heavy (non-hydrogen) atoms. The minimum atomic E-state index is -1.03. The van der Waals surface area contributed by atoms with Gasteiger partial charge in [0.05, 0.1) is 35.6 Å². The van der Waals surface area contributed by atoms with Crippen molar-refractivity contribution in [2.24, 2.45) is 22.8 Å². The number of hydrogen-bond acceptors (Lipinski definition) is 8. The Morgan fingerprint density at radius 3 is 2.26 bits per heavy atom. The van der Waals surface area contributed by atoms with Crippen LogP contribution >= 0.6 is 0 Å². The molecule has 2 heterocycles. The summed E-state index contributed by atoms with van der Waals surface area (Å²) < 4.78 is 0. The summed E-state index contributed by atoms with van der Waals surface area (Å²) in [6.45, 7) is 12.1. The summed E-state index contributed by atoms with van der Waals surface area (Å²) in [5, 5.41) is 11.1. The number of hydrogen-bond donors (Lipinski definition) is 6. The first-order chi connectivity index (χ1) is 25.5. The van der Waals surface area contributed by atoms with Crippen molar-refractivity contribution in [2.75, 3.05) is 18.4 Å². The van der Waals surface area contributed by atoms with E-state index in [0.717, 1.165) is 31.5 Å². The minimum absolute atomic E-state index is 0.00713. The quantitative estimate of drug-likeness (QED) is 0.200. The van der Waals surface area contributed by atoms with Crippen LogP contribution in [0.2, 0.25) is 0 Å². The van der Waals surface area contributed by atoms with Gasteiger partial charge in [0.25, 0.3) is 5.91 Å². The third-order valence-electron chi connectivity index (χ3n) is 10.7. The molecule has 3 aromatic rings. The zero-order chi connectivity index (χ0) is 39.3. The normalized spacial score (nSPS) is 19.8. The fraction of sp³-hybridized carbons (Fsp3) is 0.488. The zero-order valence-electron chi connectivity index (χ0n) is 32.2. The van der Waals surface area contributed by atoms with Gasteiger partial charge in [0.2, 0.25) is 23.6 Å². The number of nitrogens with one attached hydrogen (secondary N) is 4. The lowest BCUT2D eigenvalue weighted by atomic mass is 9.69. The van der Waals surface area contributed by atoms with Crippen molar-refractivity contribution in [3.63, 3.8) is 0 Å². The molecule has 0 spiro atoms. The molecule has 1 saturated carbocycles. The summed E-state index contributed by atoms with van der Waals surface area (Å²) in [5.74, 6) is -0.904. The maximum absolute atomic E-state index is 14.1. The van der Waals surface area contributed by atoms with Crippen molar-refractivity contribution in [3.05, 3.63) is 75.9 Å². The second-order valence-corrected chi connectivity index (χ2v) is 15.9. The molecule has 5 amide bonds. The molecule has 1 fully saturated rings. The predicted molar refractivity (Wildman–Crippen MR) is 207 cm³/mol. The number of rotatable bonds is 8. The number of primary amides is 1. The molecule has 0 radical (unpaired) electrons. The number of aryl methyl sites for hydroxylation is 3. The number of fused-ring (bicyclic) bond motifs is 5. The van der Waals surface area contributed by atoms with E-state index in [4.69, 9.17) is 21.4 Å². The highest BCUT2D eigenvalue weighted by Gasteiger charge is 2.32. The van der Waals surface area contributed by atoms with Crippen molar-refractivity contribution in [1.82, 2.24) is 25.9 Å². The topological polar surface area (TPSA) is 211 Å². The molecular formula is C41H54N8O5. The van der Waals surface area contributed by atoms with Gasteiger partial charge in [-0.1, -0.05) is 51.1 Å². The van der Waals surface area contributed by atoms with Crippen molar-refractivity contribution in [3.8, 4) is 11.1 Å². The van der Waals surface area contributed by atoms with Crippen LogP contribution in [0, 0.1) is 32.1 Å². The number of amides is 5. The molecule has 0 saturated heterocycles. The van der Waals surface area contributed by atoms with Crippen LogP contribution in [0.1, 0.15) is 103 Å². The molecule has 1 unspecified atom stereocenters. The average molecular weight is 739 g/mol. The van der Waals surface area contributed by atoms with Gasteiger partial charge < -0.3 is 32.7 Å². The Hall–Kier alpha value is -5.17. The first-order valence-corrected chi connectivity index (χ1v) is 18.8. The average Bonchev–Trinajstić information content (AvgIpc) is 3.10. The Labute approximate surface area is 317 Å². The number of carbonyl (C=O) groups is 5. The third-order valence-corrected chi connectivity index (χ3v) is 10.7. The summed E-state index contributed by atoms with van der Waals surface area (Å²) in [7, 11) is 0. The first kappa shape index (κ1) is 40.0. The number of benzene rings is 2. The molecule has 13 nitrogen and oxygen atoms in total. The van der Waals surface area contributed by atoms with E-state index in [-0.39, 0.29) is 49.6 Å². The monoisotopic (exact) mass is 738 g/mol. The van der Waals surface area contributed by atoms with Gasteiger partial charge in [-0.2, -0.15) is 0 Å². The van der Waals surface area contributed by atoms with Gasteiger partial charge in [-0.05, 0) is 99.1 Å². The molecule has 1 aromatic heterocycles. The SMILES string of the molecule is Cc1cc2cc(c1NC(=O)[C@H](CCN)NC(=O)c1c(C)nc(C3CCC(C(C)(C)C)CC3)nc1C)-c1cccc(c1)CC(=O)NCC(=O)NC(C(N)=O)C2. The van der Waals surface area contributed by atoms with Crippen LogP contribution in [0.5, 0.6) is 0 Å². The molecule has 4 bridgehead atoms. The van der Waals surface area contributed by atoms with Gasteiger partial charge in [0.15, 0.2) is 0 Å². The van der Waals surface area contributed by atoms with Crippen LogP contribution < -0.4 is 32.7 Å². The lowest BCUT2D eigenvalue weighted by molar-refractivity contribution is -0.128. The van der Waals surface area contributed by atoms with Crippen molar-refractivity contribution in [1.29, 1.82) is 0 Å². The summed E-state index contributed by atoms with van der Waals surface area (Å²) in [5.41, 5.74) is 17.2. The molecule has 8 N–H and O–H groups in total. The van der Waals surface area contributed by atoms with Gasteiger partial charge in [-0.3, -0.25) is 24.0 Å². The Bertz CT molecular complexity index is 1910. The van der Waals surface area contributed by atoms with Crippen molar-refractivity contribution in [2.45, 2.75) is 104 Å². The highest BCUT2D eigenvalue weighted by atomic mass is 16.2. The van der Waals surface area contributed by atoms with E-state index in [1.165, 1.54) is 0 Å². The lowest BCUT2D eigenvalue weighted by Gasteiger charge is -2.36. The van der Waals surface area contributed by atoms with Crippen LogP contribution in [0.4, 0.5) is 5.69 Å². The first-order valence-electron chi connectivity index (χ1n) is 18.8. The molecule has 2 atom stereocenters. The van der Waals surface area contributed by atoms with Crippen LogP contribution in [0.3, 0.4) is 0 Å². The van der Waals surface area contributed by atoms with E-state index in [2.05, 4.69) is 42.0 Å². The van der Waals surface area contributed by atoms with E-state index in [9.17, 15) is 24.0 Å². The van der Waals surface area contributed by atoms with Gasteiger partial charge in [0, 0.05) is 17.9 Å². The van der Waals surface area contributed by atoms with Crippen LogP contribution in [0.25, 0.3) is 11.1 Å². The predicted octanol–water partition coefficient (Wildman–Crippen LogP) is 3.66. The zero-order valence-corrected chi connectivity index (χ0v) is 32.2. The van der Waals surface area contributed by atoms with Gasteiger partial charge in [0.1, 0.15) is 17.9 Å². The summed E-state index contributed by atoms with van der Waals surface area (Å²) in [6, 6.07) is 8.94. The van der Waals surface area contributed by atoms with Crippen molar-refractivity contribution >= 4 is 35.2 Å². The van der Waals surface area contributed by atoms with Gasteiger partial charge in [-0.25, -0.2) is 9.97 Å². The fourth-order valence-electron chi connectivity index (χ4n) is 7.70. The standard InChI is InChI=1S/C41H54N8O5/c1-22-16-26-18-30(28-9-7-8-25(17-28)20-33(50)44-21-34(51)47-32(19-26)37(43)52)36(22)49-39(53)31(14-15-42)48-40(54)35-23(2)45-38(46-24(35)3)27-10-12-29(13-11-27)41(4,5)6/h7-9,16-18,27,29,31-32H,10-15,19-21,42H2,1-6H3,(H2,43,52)(H,44,50)(H,47,51)(H,48,54)(H,49,53)/t27?,29?,31-,32?/m0/s1. The Morgan fingerprint density at radius 2 is 1.63 bits per heavy atom. The number of nitrogens with two attached hydrogens (primary N) is 2. The summed E-state index contributed by atoms with van der Waals surface area (Å²) >= 11 is 0. The largest absolute Gasteiger partial charge is 0.368 e. The van der Waals surface area contributed by atoms with Crippen LogP contribution in [-0.2, 0) is 32.0 Å². The van der Waals surface area contributed by atoms with E-state index >= 15 is 0 Å². The number of nitrogens with zero attached hydrogens (tertiary/aromatic N) is 2. The van der Waals surface area contributed by atoms with E-state index in [0.29, 0.717) is 56.4 Å². The smallest absolute Gasteiger partial charge is 0.255 e. The molecule has 13 heteroatoms. The second kappa shape index (κ2) is 16.9. The molecule has 5 rings (SSSR count). The van der Waals surface area contributed by atoms with Crippen molar-refractivity contribution < 1.29 is 24.0 Å². The van der Waals surface area contributed by atoms with E-state index < -0.39 is 35.7 Å². The highest BCUT2D eigenvalue weighted by molar-refractivity contribution is 6.04. The molecule has 1 aliphatic heterocycles. The summed E-state index contributed by atoms with van der Waals surface area (Å²) in [4.78, 5) is 75.1. The molecule has 288 valence electrons. The second-order valence-electron chi connectivity index (χ2n) is 15.9. The highest BCUT2D eigenvalue weighted by Crippen LogP contribution is 2.42. The number of carbonyl (C=O) groups excluding carboxylic acids is 5. The van der Waals surface area contributed by atoms with Gasteiger partial charge in [-0.15, -0.1) is 0 Å². The minimum Gasteiger partial charge on any atom is -0.368 e. The van der Waals surface area contributed by atoms with Gasteiger partial charge >= 0.3 is 0 Å². The Kier molecular flexibility index (Phi) is 12.5. The number of aromatic nitrogens is 2. The third kappa shape index (κ3) is 9.67. The Balaban J connectivity index is 1.41. The number of anilines is 1. The summed E-state index contributed by atoms with van der Waals surface area (Å²) in [6.07, 6.45) is 4.51. The van der Waals surface area contributed by atoms with E-state index in [1.807, 2.05) is 37.3 Å². The fourth-order valence-corrected chi connectivity index (χ4v) is 7.70. The molecule has 1 aliphatic carbocycles. The molecule has 2 aliphatic rings. The van der Waals surface area contributed by atoms with Crippen LogP contribution in [0.15, 0.2) is 36.4 Å². The lowest BCUT2D eigenvalue weighted by Crippen LogP contribution is -2.49. The maximum Gasteiger partial charge on any atom is 0.255 e. The molecular weight excluding hydrogens is 685 g/mol.